The molecule has 1 N–H and O–H groups in total. The van der Waals surface area contributed by atoms with Crippen molar-refractivity contribution in [3.8, 4) is 0 Å². The quantitative estimate of drug-likeness (QED) is 0.754. The van der Waals surface area contributed by atoms with Gasteiger partial charge < -0.3 is 5.32 Å². The smallest absolute Gasteiger partial charge is 0.0485 e. The number of nitrogens with zero attached hydrogens (tertiary/aromatic N) is 1. The van der Waals surface area contributed by atoms with E-state index in [-0.39, 0.29) is 0 Å². The van der Waals surface area contributed by atoms with E-state index >= 15 is 0 Å². The van der Waals surface area contributed by atoms with Crippen molar-refractivity contribution in [1.82, 2.24) is 4.90 Å². The van der Waals surface area contributed by atoms with Crippen molar-refractivity contribution in [1.29, 1.82) is 0 Å². The van der Waals surface area contributed by atoms with Gasteiger partial charge in [0.2, 0.25) is 0 Å². The van der Waals surface area contributed by atoms with Crippen molar-refractivity contribution < 1.29 is 0 Å². The molecule has 112 valence electrons. The van der Waals surface area contributed by atoms with Crippen LogP contribution in [0.3, 0.4) is 0 Å². The van der Waals surface area contributed by atoms with Crippen LogP contribution in [0.25, 0.3) is 0 Å². The third-order valence-corrected chi connectivity index (χ3v) is 4.61. The highest BCUT2D eigenvalue weighted by atomic mass is 79.9. The van der Waals surface area contributed by atoms with Crippen molar-refractivity contribution >= 4 is 33.2 Å². The molecule has 21 heavy (non-hydrogen) atoms. The van der Waals surface area contributed by atoms with E-state index < -0.39 is 0 Å². The summed E-state index contributed by atoms with van der Waals surface area (Å²) < 4.78 is 1.10. The Hall–Kier alpha value is -1.03. The lowest BCUT2D eigenvalue weighted by Gasteiger charge is -2.25. The fourth-order valence-electron chi connectivity index (χ4n) is 2.16. The molecule has 0 radical (unpaired) electrons. The fourth-order valence-corrected chi connectivity index (χ4v) is 2.71. The minimum absolute atomic E-state index is 0.364. The number of nitrogens with one attached hydrogen (secondary N) is 1. The predicted molar refractivity (Wildman–Crippen MR) is 95.1 cm³/mol. The van der Waals surface area contributed by atoms with E-state index in [9.17, 15) is 0 Å². The van der Waals surface area contributed by atoms with Gasteiger partial charge in [0.25, 0.3) is 0 Å². The number of hydrogen-bond donors (Lipinski definition) is 1. The van der Waals surface area contributed by atoms with Gasteiger partial charge in [-0.1, -0.05) is 35.9 Å². The van der Waals surface area contributed by atoms with Crippen LogP contribution in [0.4, 0.5) is 5.69 Å². The molecule has 0 spiro atoms. The third-order valence-electron chi connectivity index (χ3n) is 3.67. The molecule has 0 aromatic heterocycles. The molecule has 0 amide bonds. The molecule has 1 atom stereocenters. The molecular weight excluding hydrogens is 348 g/mol. The van der Waals surface area contributed by atoms with Gasteiger partial charge in [0.1, 0.15) is 0 Å². The number of para-hydroxylation sites is 1. The van der Waals surface area contributed by atoms with Crippen LogP contribution in [0.2, 0.25) is 5.02 Å². The number of rotatable bonds is 6. The Morgan fingerprint density at radius 1 is 1.14 bits per heavy atom. The summed E-state index contributed by atoms with van der Waals surface area (Å²) in [6, 6.07) is 16.6. The van der Waals surface area contributed by atoms with Gasteiger partial charge in [-0.05, 0) is 59.7 Å². The lowest BCUT2D eigenvalue weighted by atomic mass is 10.1. The highest BCUT2D eigenvalue weighted by Gasteiger charge is 2.11. The maximum absolute atomic E-state index is 5.93. The molecule has 0 aliphatic heterocycles. The van der Waals surface area contributed by atoms with E-state index in [2.05, 4.69) is 58.3 Å². The summed E-state index contributed by atoms with van der Waals surface area (Å²) in [5.74, 6) is 0. The van der Waals surface area contributed by atoms with Crippen molar-refractivity contribution in [3.63, 3.8) is 0 Å². The SMILES string of the molecule is CC(c1ccc(Cl)cc1)N(C)CCNc1ccccc1Br. The maximum Gasteiger partial charge on any atom is 0.0485 e. The number of benzene rings is 2. The summed E-state index contributed by atoms with van der Waals surface area (Å²) in [5, 5.41) is 4.23. The van der Waals surface area contributed by atoms with E-state index in [0.29, 0.717) is 6.04 Å². The lowest BCUT2D eigenvalue weighted by molar-refractivity contribution is 0.271. The summed E-state index contributed by atoms with van der Waals surface area (Å²) in [6.45, 7) is 4.07. The van der Waals surface area contributed by atoms with Gasteiger partial charge >= 0.3 is 0 Å². The second-order valence-electron chi connectivity index (χ2n) is 5.11. The minimum Gasteiger partial charge on any atom is -0.383 e. The van der Waals surface area contributed by atoms with Crippen LogP contribution in [0.5, 0.6) is 0 Å². The molecule has 0 heterocycles. The number of hydrogen-bond acceptors (Lipinski definition) is 2. The predicted octanol–water partition coefficient (Wildman–Crippen LogP) is 5.21. The van der Waals surface area contributed by atoms with E-state index in [1.165, 1.54) is 5.56 Å². The molecule has 2 nitrogen and oxygen atoms in total. The second kappa shape index (κ2) is 7.83. The van der Waals surface area contributed by atoms with Gasteiger partial charge in [0.05, 0.1) is 0 Å². The van der Waals surface area contributed by atoms with Crippen LogP contribution in [0.1, 0.15) is 18.5 Å². The van der Waals surface area contributed by atoms with Gasteiger partial charge in [-0.25, -0.2) is 0 Å². The van der Waals surface area contributed by atoms with Crippen molar-refractivity contribution in [2.45, 2.75) is 13.0 Å². The zero-order chi connectivity index (χ0) is 15.2. The van der Waals surface area contributed by atoms with Crippen molar-refractivity contribution in [2.24, 2.45) is 0 Å². The molecule has 2 aromatic carbocycles. The molecule has 4 heteroatoms. The van der Waals surface area contributed by atoms with Gasteiger partial charge in [0, 0.05) is 34.3 Å². The monoisotopic (exact) mass is 366 g/mol. The van der Waals surface area contributed by atoms with Crippen LogP contribution >= 0.6 is 27.5 Å². The molecule has 0 bridgehead atoms. The van der Waals surface area contributed by atoms with E-state index in [1.807, 2.05) is 30.3 Å². The Balaban J connectivity index is 1.85. The summed E-state index contributed by atoms with van der Waals surface area (Å²) in [4.78, 5) is 2.33. The molecule has 2 aromatic rings. The zero-order valence-corrected chi connectivity index (χ0v) is 14.7. The molecule has 0 aliphatic carbocycles. The van der Waals surface area contributed by atoms with E-state index in [0.717, 1.165) is 28.3 Å². The molecule has 0 saturated heterocycles. The van der Waals surface area contributed by atoms with Crippen LogP contribution in [-0.4, -0.2) is 25.0 Å². The van der Waals surface area contributed by atoms with Gasteiger partial charge in [-0.2, -0.15) is 0 Å². The molecule has 0 aliphatic rings. The Labute approximate surface area is 140 Å². The Bertz CT molecular complexity index is 571. The highest BCUT2D eigenvalue weighted by Crippen LogP contribution is 2.22. The van der Waals surface area contributed by atoms with Crippen LogP contribution in [0.15, 0.2) is 53.0 Å². The minimum atomic E-state index is 0.364. The summed E-state index contributed by atoms with van der Waals surface area (Å²) >= 11 is 9.48. The molecular formula is C17H20BrClN2. The molecule has 0 fully saturated rings. The average molecular weight is 368 g/mol. The van der Waals surface area contributed by atoms with Gasteiger partial charge in [-0.3, -0.25) is 4.90 Å². The first-order valence-electron chi connectivity index (χ1n) is 7.02. The largest absolute Gasteiger partial charge is 0.383 e. The summed E-state index contributed by atoms with van der Waals surface area (Å²) in [6.07, 6.45) is 0. The maximum atomic E-state index is 5.93. The normalized spacial score (nSPS) is 12.4. The molecule has 1 unspecified atom stereocenters. The second-order valence-corrected chi connectivity index (χ2v) is 6.41. The van der Waals surface area contributed by atoms with Crippen LogP contribution < -0.4 is 5.32 Å². The van der Waals surface area contributed by atoms with Crippen molar-refractivity contribution in [3.05, 3.63) is 63.6 Å². The Kier molecular flexibility index (Phi) is 6.09. The van der Waals surface area contributed by atoms with E-state index in [1.54, 1.807) is 0 Å². The summed E-state index contributed by atoms with van der Waals surface area (Å²) in [5.41, 5.74) is 2.41. The van der Waals surface area contributed by atoms with Crippen LogP contribution in [0, 0.1) is 0 Å². The standard InChI is InChI=1S/C17H20BrClN2/c1-13(14-7-9-15(19)10-8-14)21(2)12-11-20-17-6-4-3-5-16(17)18/h3-10,13,20H,11-12H2,1-2H3. The lowest BCUT2D eigenvalue weighted by Crippen LogP contribution is -2.28. The first-order chi connectivity index (χ1) is 10.1. The Morgan fingerprint density at radius 3 is 2.48 bits per heavy atom. The molecule has 2 rings (SSSR count). The van der Waals surface area contributed by atoms with Gasteiger partial charge in [-0.15, -0.1) is 0 Å². The Morgan fingerprint density at radius 2 is 1.81 bits per heavy atom. The first kappa shape index (κ1) is 16.3. The topological polar surface area (TPSA) is 15.3 Å². The fraction of sp³-hybridized carbons (Fsp3) is 0.294. The van der Waals surface area contributed by atoms with E-state index in [4.69, 9.17) is 11.6 Å². The highest BCUT2D eigenvalue weighted by molar-refractivity contribution is 9.10. The number of halogens is 2. The zero-order valence-electron chi connectivity index (χ0n) is 12.3. The van der Waals surface area contributed by atoms with Crippen molar-refractivity contribution in [2.75, 3.05) is 25.5 Å². The average Bonchev–Trinajstić information content (AvgIpc) is 2.49. The number of likely N-dealkylation sites (N-methyl/N-ethyl adjacent to an activating group) is 1. The first-order valence-corrected chi connectivity index (χ1v) is 8.19. The van der Waals surface area contributed by atoms with Crippen LogP contribution in [-0.2, 0) is 0 Å². The summed E-state index contributed by atoms with van der Waals surface area (Å²) in [7, 11) is 2.14. The molecule has 0 saturated carbocycles. The number of anilines is 1. The van der Waals surface area contributed by atoms with Gasteiger partial charge in [0.15, 0.2) is 0 Å². The third kappa shape index (κ3) is 4.73.